The lowest BCUT2D eigenvalue weighted by atomic mass is 9.97. The number of likely N-dealkylation sites (tertiary alicyclic amines) is 1. The van der Waals surface area contributed by atoms with Gasteiger partial charge in [-0.25, -0.2) is 0 Å². The van der Waals surface area contributed by atoms with Gasteiger partial charge in [-0.3, -0.25) is 0 Å². The molecule has 0 bridgehead atoms. The van der Waals surface area contributed by atoms with Crippen molar-refractivity contribution < 1.29 is 5.11 Å². The molecule has 0 aromatic carbocycles. The molecule has 84 valence electrons. The Morgan fingerprint density at radius 1 is 1.43 bits per heavy atom. The maximum Gasteiger partial charge on any atom is 0.0753 e. The Balaban J connectivity index is 2.19. The lowest BCUT2D eigenvalue weighted by Gasteiger charge is -2.32. The molecule has 3 heteroatoms. The Hall–Kier alpha value is -0.120. The first-order valence-corrected chi connectivity index (χ1v) is 5.68. The molecule has 1 atom stereocenters. The Bertz CT molecular complexity index is 163. The normalized spacial score (nSPS) is 24.9. The zero-order valence-electron chi connectivity index (χ0n) is 9.50. The third-order valence-corrected chi connectivity index (χ3v) is 3.28. The van der Waals surface area contributed by atoms with Crippen LogP contribution in [0.4, 0.5) is 0 Å². The van der Waals surface area contributed by atoms with Crippen molar-refractivity contribution in [3.63, 3.8) is 0 Å². The maximum atomic E-state index is 9.75. The third-order valence-electron chi connectivity index (χ3n) is 3.28. The van der Waals surface area contributed by atoms with Crippen LogP contribution in [0.15, 0.2) is 0 Å². The van der Waals surface area contributed by atoms with Gasteiger partial charge in [0.25, 0.3) is 0 Å². The second kappa shape index (κ2) is 5.10. The van der Waals surface area contributed by atoms with Crippen molar-refractivity contribution in [1.29, 1.82) is 0 Å². The van der Waals surface area contributed by atoms with E-state index in [1.807, 2.05) is 6.92 Å². The maximum absolute atomic E-state index is 9.75. The second-order valence-electron chi connectivity index (χ2n) is 4.98. The Morgan fingerprint density at radius 3 is 2.50 bits per heavy atom. The van der Waals surface area contributed by atoms with Crippen LogP contribution in [0.2, 0.25) is 0 Å². The molecule has 0 spiro atoms. The van der Waals surface area contributed by atoms with Gasteiger partial charge >= 0.3 is 0 Å². The van der Waals surface area contributed by atoms with Crippen molar-refractivity contribution in [2.24, 2.45) is 11.7 Å². The quantitative estimate of drug-likeness (QED) is 0.706. The van der Waals surface area contributed by atoms with Crippen LogP contribution in [0.1, 0.15) is 33.1 Å². The molecule has 1 unspecified atom stereocenters. The van der Waals surface area contributed by atoms with E-state index in [1.165, 1.54) is 25.9 Å². The van der Waals surface area contributed by atoms with Gasteiger partial charge in [-0.05, 0) is 45.2 Å². The van der Waals surface area contributed by atoms with Crippen LogP contribution in [-0.2, 0) is 0 Å². The van der Waals surface area contributed by atoms with Crippen molar-refractivity contribution >= 4 is 0 Å². The number of nitrogens with zero attached hydrogens (tertiary/aromatic N) is 1. The van der Waals surface area contributed by atoms with E-state index >= 15 is 0 Å². The van der Waals surface area contributed by atoms with Crippen LogP contribution in [0.25, 0.3) is 0 Å². The molecule has 1 aliphatic rings. The molecule has 1 saturated heterocycles. The molecule has 0 aromatic rings. The number of rotatable bonds is 4. The number of piperidine rings is 1. The van der Waals surface area contributed by atoms with Gasteiger partial charge in [0, 0.05) is 13.1 Å². The van der Waals surface area contributed by atoms with Crippen LogP contribution >= 0.6 is 0 Å². The molecule has 0 aromatic heterocycles. The van der Waals surface area contributed by atoms with Gasteiger partial charge in [-0.15, -0.1) is 0 Å². The lowest BCUT2D eigenvalue weighted by Crippen LogP contribution is -2.41. The minimum atomic E-state index is -0.678. The Kier molecular flexibility index (Phi) is 4.35. The van der Waals surface area contributed by atoms with Crippen molar-refractivity contribution in [2.45, 2.75) is 38.7 Å². The first-order valence-electron chi connectivity index (χ1n) is 5.68. The molecule has 1 rings (SSSR count). The zero-order valence-corrected chi connectivity index (χ0v) is 9.50. The van der Waals surface area contributed by atoms with Crippen molar-refractivity contribution in [2.75, 3.05) is 26.2 Å². The summed E-state index contributed by atoms with van der Waals surface area (Å²) in [5, 5.41) is 9.75. The predicted molar refractivity (Wildman–Crippen MR) is 59.1 cm³/mol. The second-order valence-corrected chi connectivity index (χ2v) is 4.98. The topological polar surface area (TPSA) is 49.5 Å². The summed E-state index contributed by atoms with van der Waals surface area (Å²) in [6.45, 7) is 7.84. The number of aliphatic hydroxyl groups is 1. The molecule has 3 N–H and O–H groups in total. The molecular weight excluding hydrogens is 176 g/mol. The van der Waals surface area contributed by atoms with Crippen molar-refractivity contribution in [1.82, 2.24) is 4.90 Å². The average molecular weight is 200 g/mol. The van der Waals surface area contributed by atoms with Gasteiger partial charge in [0.2, 0.25) is 0 Å². The molecule has 14 heavy (non-hydrogen) atoms. The highest BCUT2D eigenvalue weighted by Crippen LogP contribution is 2.17. The van der Waals surface area contributed by atoms with E-state index in [4.69, 9.17) is 5.73 Å². The minimum Gasteiger partial charge on any atom is -0.389 e. The molecule has 0 radical (unpaired) electrons. The van der Waals surface area contributed by atoms with E-state index in [0.717, 1.165) is 18.9 Å². The zero-order chi connectivity index (χ0) is 10.6. The predicted octanol–water partition coefficient (Wildman–Crippen LogP) is 0.818. The lowest BCUT2D eigenvalue weighted by molar-refractivity contribution is 0.0433. The SMILES string of the molecule is CC1CCN(CCC(C)(O)CN)CC1. The Morgan fingerprint density at radius 2 is 2.00 bits per heavy atom. The first-order chi connectivity index (χ1) is 6.53. The summed E-state index contributed by atoms with van der Waals surface area (Å²) in [6.07, 6.45) is 3.38. The van der Waals surface area contributed by atoms with Crippen molar-refractivity contribution in [3.05, 3.63) is 0 Å². The van der Waals surface area contributed by atoms with E-state index in [1.54, 1.807) is 0 Å². The van der Waals surface area contributed by atoms with Gasteiger partial charge in [0.15, 0.2) is 0 Å². The highest BCUT2D eigenvalue weighted by molar-refractivity contribution is 4.77. The fraction of sp³-hybridized carbons (Fsp3) is 1.00. The molecular formula is C11H24N2O. The molecule has 0 aliphatic carbocycles. The van der Waals surface area contributed by atoms with E-state index in [9.17, 15) is 5.11 Å². The van der Waals surface area contributed by atoms with E-state index < -0.39 is 5.60 Å². The summed E-state index contributed by atoms with van der Waals surface area (Å²) < 4.78 is 0. The van der Waals surface area contributed by atoms with Crippen LogP contribution in [0.3, 0.4) is 0 Å². The fourth-order valence-corrected chi connectivity index (χ4v) is 1.79. The van der Waals surface area contributed by atoms with E-state index in [-0.39, 0.29) is 0 Å². The molecule has 1 fully saturated rings. The van der Waals surface area contributed by atoms with Gasteiger partial charge in [-0.1, -0.05) is 6.92 Å². The third kappa shape index (κ3) is 3.95. The average Bonchev–Trinajstić information content (AvgIpc) is 2.17. The van der Waals surface area contributed by atoms with Gasteiger partial charge in [-0.2, -0.15) is 0 Å². The van der Waals surface area contributed by atoms with Gasteiger partial charge < -0.3 is 15.7 Å². The molecule has 3 nitrogen and oxygen atoms in total. The smallest absolute Gasteiger partial charge is 0.0753 e. The number of nitrogens with two attached hydrogens (primary N) is 1. The van der Waals surface area contributed by atoms with Gasteiger partial charge in [0.1, 0.15) is 0 Å². The summed E-state index contributed by atoms with van der Waals surface area (Å²) in [5.74, 6) is 0.876. The summed E-state index contributed by atoms with van der Waals surface area (Å²) in [4.78, 5) is 2.43. The highest BCUT2D eigenvalue weighted by atomic mass is 16.3. The van der Waals surface area contributed by atoms with E-state index in [2.05, 4.69) is 11.8 Å². The molecule has 0 amide bonds. The van der Waals surface area contributed by atoms with Crippen LogP contribution in [-0.4, -0.2) is 41.8 Å². The molecule has 1 heterocycles. The summed E-state index contributed by atoms with van der Waals surface area (Å²) in [6, 6.07) is 0. The fourth-order valence-electron chi connectivity index (χ4n) is 1.79. The van der Waals surface area contributed by atoms with Crippen LogP contribution in [0.5, 0.6) is 0 Å². The summed E-state index contributed by atoms with van der Waals surface area (Å²) in [7, 11) is 0. The van der Waals surface area contributed by atoms with Crippen LogP contribution in [0, 0.1) is 5.92 Å². The van der Waals surface area contributed by atoms with Crippen LogP contribution < -0.4 is 5.73 Å². The summed E-state index contributed by atoms with van der Waals surface area (Å²) >= 11 is 0. The Labute approximate surface area is 87.3 Å². The standard InChI is InChI=1S/C11H24N2O/c1-10-3-6-13(7-4-10)8-5-11(2,14)9-12/h10,14H,3-9,12H2,1-2H3. The molecule has 1 aliphatic heterocycles. The highest BCUT2D eigenvalue weighted by Gasteiger charge is 2.21. The van der Waals surface area contributed by atoms with Crippen molar-refractivity contribution in [3.8, 4) is 0 Å². The summed E-state index contributed by atoms with van der Waals surface area (Å²) in [5.41, 5.74) is 4.80. The van der Waals surface area contributed by atoms with Gasteiger partial charge in [0.05, 0.1) is 5.60 Å². The molecule has 0 saturated carbocycles. The number of hydrogen-bond donors (Lipinski definition) is 2. The largest absolute Gasteiger partial charge is 0.389 e. The number of hydrogen-bond acceptors (Lipinski definition) is 3. The monoisotopic (exact) mass is 200 g/mol. The first kappa shape index (κ1) is 12.0. The van der Waals surface area contributed by atoms with E-state index in [0.29, 0.717) is 6.54 Å². The minimum absolute atomic E-state index is 0.358.